The number of amides is 1. The fourth-order valence-corrected chi connectivity index (χ4v) is 3.83. The molecule has 28 heavy (non-hydrogen) atoms. The predicted octanol–water partition coefficient (Wildman–Crippen LogP) is 2.05. The van der Waals surface area contributed by atoms with Crippen LogP contribution in [0.4, 0.5) is 0 Å². The van der Waals surface area contributed by atoms with Gasteiger partial charge in [-0.05, 0) is 49.9 Å². The monoisotopic (exact) mass is 385 g/mol. The summed E-state index contributed by atoms with van der Waals surface area (Å²) in [4.78, 5) is 27.3. The number of nitrogens with zero attached hydrogens (tertiary/aromatic N) is 4. The van der Waals surface area contributed by atoms with Crippen molar-refractivity contribution < 1.29 is 4.79 Å². The quantitative estimate of drug-likeness (QED) is 0.789. The fraction of sp³-hybridized carbons (Fsp3) is 0.619. The Balaban J connectivity index is 1.54. The van der Waals surface area contributed by atoms with Crippen molar-refractivity contribution in [2.75, 3.05) is 19.6 Å². The van der Waals surface area contributed by atoms with Crippen LogP contribution in [-0.4, -0.2) is 51.5 Å². The van der Waals surface area contributed by atoms with E-state index in [9.17, 15) is 9.59 Å². The van der Waals surface area contributed by atoms with E-state index in [1.54, 1.807) is 18.2 Å². The molecule has 2 aromatic rings. The van der Waals surface area contributed by atoms with Crippen LogP contribution in [0.2, 0.25) is 0 Å². The molecule has 2 heterocycles. The van der Waals surface area contributed by atoms with Gasteiger partial charge in [-0.25, -0.2) is 4.68 Å². The Kier molecular flexibility index (Phi) is 6.78. The van der Waals surface area contributed by atoms with Crippen LogP contribution in [0.3, 0.4) is 0 Å². The Morgan fingerprint density at radius 3 is 2.68 bits per heavy atom. The van der Waals surface area contributed by atoms with Gasteiger partial charge in [-0.1, -0.05) is 38.1 Å². The normalized spacial score (nSPS) is 17.1. The number of fused-ring (bicyclic) bond motifs is 1. The number of carbonyl (C=O) groups excluding carboxylic acids is 1. The molecular weight excluding hydrogens is 354 g/mol. The summed E-state index contributed by atoms with van der Waals surface area (Å²) in [5, 5.41) is 11.6. The fourth-order valence-electron chi connectivity index (χ4n) is 3.83. The zero-order valence-corrected chi connectivity index (χ0v) is 17.1. The molecule has 7 heteroatoms. The topological polar surface area (TPSA) is 80.1 Å². The molecule has 1 aliphatic rings. The van der Waals surface area contributed by atoms with Crippen molar-refractivity contribution in [2.24, 2.45) is 11.8 Å². The number of aromatic nitrogens is 3. The molecule has 0 spiro atoms. The van der Waals surface area contributed by atoms with E-state index in [-0.39, 0.29) is 24.4 Å². The minimum Gasteiger partial charge on any atom is -0.354 e. The standard InChI is InChI=1S/C21H31N5O2/c1-15(2)19(25-11-8-16(3)9-12-25)14-22-20(27)10-13-26-21(28)17-6-4-5-7-18(17)23-24-26/h4-7,15-16,19H,8-14H2,1-3H3,(H,22,27). The predicted molar refractivity (Wildman–Crippen MR) is 110 cm³/mol. The number of benzene rings is 1. The van der Waals surface area contributed by atoms with Crippen LogP contribution in [0, 0.1) is 11.8 Å². The third-order valence-corrected chi connectivity index (χ3v) is 5.75. The summed E-state index contributed by atoms with van der Waals surface area (Å²) in [6.07, 6.45) is 2.66. The van der Waals surface area contributed by atoms with Crippen molar-refractivity contribution in [3.05, 3.63) is 34.6 Å². The second-order valence-electron chi connectivity index (χ2n) is 8.22. The van der Waals surface area contributed by atoms with Gasteiger partial charge in [0.05, 0.1) is 11.9 Å². The molecule has 1 unspecified atom stereocenters. The maximum Gasteiger partial charge on any atom is 0.277 e. The summed E-state index contributed by atoms with van der Waals surface area (Å²) < 4.78 is 1.27. The van der Waals surface area contributed by atoms with Crippen molar-refractivity contribution in [3.8, 4) is 0 Å². The van der Waals surface area contributed by atoms with Crippen molar-refractivity contribution in [3.63, 3.8) is 0 Å². The minimum atomic E-state index is -0.208. The molecule has 1 atom stereocenters. The van der Waals surface area contributed by atoms with Crippen molar-refractivity contribution in [1.29, 1.82) is 0 Å². The van der Waals surface area contributed by atoms with Crippen LogP contribution >= 0.6 is 0 Å². The lowest BCUT2D eigenvalue weighted by Gasteiger charge is -2.38. The molecule has 1 amide bonds. The number of piperidine rings is 1. The highest BCUT2D eigenvalue weighted by molar-refractivity contribution is 5.77. The number of nitrogens with one attached hydrogen (secondary N) is 1. The first kappa shape index (κ1) is 20.5. The highest BCUT2D eigenvalue weighted by atomic mass is 16.2. The van der Waals surface area contributed by atoms with E-state index in [2.05, 4.69) is 41.3 Å². The smallest absolute Gasteiger partial charge is 0.277 e. The van der Waals surface area contributed by atoms with E-state index in [4.69, 9.17) is 0 Å². The van der Waals surface area contributed by atoms with Crippen molar-refractivity contribution in [1.82, 2.24) is 25.2 Å². The zero-order chi connectivity index (χ0) is 20.1. The van der Waals surface area contributed by atoms with Gasteiger partial charge in [0, 0.05) is 19.0 Å². The molecule has 1 aromatic carbocycles. The van der Waals surface area contributed by atoms with E-state index in [0.717, 1.165) is 19.0 Å². The van der Waals surface area contributed by atoms with Crippen LogP contribution in [0.5, 0.6) is 0 Å². The average Bonchev–Trinajstić information content (AvgIpc) is 2.69. The molecule has 0 bridgehead atoms. The van der Waals surface area contributed by atoms with Gasteiger partial charge < -0.3 is 5.32 Å². The molecule has 0 saturated carbocycles. The molecule has 1 aromatic heterocycles. The molecule has 152 valence electrons. The summed E-state index contributed by atoms with van der Waals surface area (Å²) in [7, 11) is 0. The van der Waals surface area contributed by atoms with Crippen LogP contribution in [0.25, 0.3) is 10.9 Å². The summed E-state index contributed by atoms with van der Waals surface area (Å²) >= 11 is 0. The summed E-state index contributed by atoms with van der Waals surface area (Å²) in [5.74, 6) is 1.21. The maximum atomic E-state index is 12.5. The van der Waals surface area contributed by atoms with Gasteiger partial charge in [-0.15, -0.1) is 5.10 Å². The SMILES string of the molecule is CC1CCN(C(CNC(=O)CCn2nnc3ccccc3c2=O)C(C)C)CC1. The Hall–Kier alpha value is -2.28. The molecular formula is C21H31N5O2. The number of hydrogen-bond acceptors (Lipinski definition) is 5. The van der Waals surface area contributed by atoms with Crippen molar-refractivity contribution >= 4 is 16.8 Å². The second-order valence-corrected chi connectivity index (χ2v) is 8.22. The number of rotatable bonds is 7. The Morgan fingerprint density at radius 1 is 1.25 bits per heavy atom. The Bertz CT molecular complexity index is 855. The van der Waals surface area contributed by atoms with E-state index in [0.29, 0.717) is 29.4 Å². The van der Waals surface area contributed by atoms with Gasteiger partial charge >= 0.3 is 0 Å². The van der Waals surface area contributed by atoms with Gasteiger partial charge in [0.25, 0.3) is 5.56 Å². The van der Waals surface area contributed by atoms with Crippen LogP contribution in [-0.2, 0) is 11.3 Å². The first-order chi connectivity index (χ1) is 13.5. The largest absolute Gasteiger partial charge is 0.354 e. The van der Waals surface area contributed by atoms with Gasteiger partial charge in [0.1, 0.15) is 5.52 Å². The van der Waals surface area contributed by atoms with Gasteiger partial charge in [0.2, 0.25) is 5.91 Å². The molecule has 1 aliphatic heterocycles. The molecule has 1 fully saturated rings. The molecule has 0 radical (unpaired) electrons. The number of hydrogen-bond donors (Lipinski definition) is 1. The summed E-state index contributed by atoms with van der Waals surface area (Å²) in [6, 6.07) is 7.46. The third kappa shape index (κ3) is 4.95. The highest BCUT2D eigenvalue weighted by Gasteiger charge is 2.25. The van der Waals surface area contributed by atoms with E-state index in [1.807, 2.05) is 6.07 Å². The maximum absolute atomic E-state index is 12.5. The average molecular weight is 386 g/mol. The molecule has 0 aliphatic carbocycles. The van der Waals surface area contributed by atoms with Gasteiger partial charge in [-0.3, -0.25) is 14.5 Å². The molecule has 1 saturated heterocycles. The zero-order valence-electron chi connectivity index (χ0n) is 17.1. The Morgan fingerprint density at radius 2 is 1.96 bits per heavy atom. The summed E-state index contributed by atoms with van der Waals surface area (Å²) in [5.41, 5.74) is 0.365. The number of aryl methyl sites for hydroxylation is 1. The Labute approximate surface area is 166 Å². The third-order valence-electron chi connectivity index (χ3n) is 5.75. The minimum absolute atomic E-state index is 0.0575. The van der Waals surface area contributed by atoms with Gasteiger partial charge in [0.15, 0.2) is 0 Å². The number of carbonyl (C=O) groups is 1. The molecule has 7 nitrogen and oxygen atoms in total. The van der Waals surface area contributed by atoms with Crippen LogP contribution in [0.1, 0.15) is 40.0 Å². The summed E-state index contributed by atoms with van der Waals surface area (Å²) in [6.45, 7) is 9.79. The highest BCUT2D eigenvalue weighted by Crippen LogP contribution is 2.21. The lowest BCUT2D eigenvalue weighted by atomic mass is 9.94. The number of likely N-dealkylation sites (tertiary alicyclic amines) is 1. The van der Waals surface area contributed by atoms with Gasteiger partial charge in [-0.2, -0.15) is 0 Å². The van der Waals surface area contributed by atoms with E-state index >= 15 is 0 Å². The van der Waals surface area contributed by atoms with Crippen LogP contribution < -0.4 is 10.9 Å². The lowest BCUT2D eigenvalue weighted by Crippen LogP contribution is -2.49. The van der Waals surface area contributed by atoms with Crippen LogP contribution in [0.15, 0.2) is 29.1 Å². The second kappa shape index (κ2) is 9.28. The van der Waals surface area contributed by atoms with Crippen molar-refractivity contribution in [2.45, 2.75) is 52.6 Å². The molecule has 1 N–H and O–H groups in total. The molecule has 3 rings (SSSR count). The first-order valence-corrected chi connectivity index (χ1v) is 10.3. The first-order valence-electron chi connectivity index (χ1n) is 10.3. The lowest BCUT2D eigenvalue weighted by molar-refractivity contribution is -0.121. The van der Waals surface area contributed by atoms with E-state index in [1.165, 1.54) is 17.5 Å². The van der Waals surface area contributed by atoms with E-state index < -0.39 is 0 Å².